The van der Waals surface area contributed by atoms with Gasteiger partial charge in [0.1, 0.15) is 5.54 Å². The molecular formula is C19H29N3O3. The normalized spacial score (nSPS) is 30.4. The van der Waals surface area contributed by atoms with E-state index in [2.05, 4.69) is 5.32 Å². The maximum Gasteiger partial charge on any atom is 0.325 e. The number of imide groups is 1. The summed E-state index contributed by atoms with van der Waals surface area (Å²) in [6, 6.07) is 0.132. The van der Waals surface area contributed by atoms with E-state index in [-0.39, 0.29) is 23.8 Å². The van der Waals surface area contributed by atoms with Crippen molar-refractivity contribution in [1.29, 1.82) is 0 Å². The summed E-state index contributed by atoms with van der Waals surface area (Å²) in [4.78, 5) is 41.3. The van der Waals surface area contributed by atoms with E-state index in [1.807, 2.05) is 4.90 Å². The van der Waals surface area contributed by atoms with Crippen LogP contribution >= 0.6 is 0 Å². The molecule has 1 N–H and O–H groups in total. The molecular weight excluding hydrogens is 318 g/mol. The minimum absolute atomic E-state index is 0.0498. The molecule has 1 spiro atoms. The fourth-order valence-corrected chi connectivity index (χ4v) is 5.27. The average Bonchev–Trinajstić information content (AvgIpc) is 3.22. The monoisotopic (exact) mass is 347 g/mol. The minimum atomic E-state index is -0.665. The fraction of sp³-hybridized carbons (Fsp3) is 0.842. The molecule has 6 heteroatoms. The lowest BCUT2D eigenvalue weighted by molar-refractivity contribution is -0.132. The Hall–Kier alpha value is -1.59. The van der Waals surface area contributed by atoms with E-state index in [9.17, 15) is 14.4 Å². The van der Waals surface area contributed by atoms with Gasteiger partial charge in [0.05, 0.1) is 0 Å². The lowest BCUT2D eigenvalue weighted by atomic mass is 9.90. The third-order valence-electron chi connectivity index (χ3n) is 6.65. The Balaban J connectivity index is 1.41. The molecule has 0 aromatic carbocycles. The third-order valence-corrected chi connectivity index (χ3v) is 6.65. The van der Waals surface area contributed by atoms with E-state index in [0.29, 0.717) is 25.6 Å². The fourth-order valence-electron chi connectivity index (χ4n) is 5.27. The van der Waals surface area contributed by atoms with Gasteiger partial charge in [0, 0.05) is 31.5 Å². The van der Waals surface area contributed by atoms with Gasteiger partial charge in [-0.2, -0.15) is 0 Å². The number of likely N-dealkylation sites (tertiary alicyclic amines) is 1. The Morgan fingerprint density at radius 3 is 2.32 bits per heavy atom. The van der Waals surface area contributed by atoms with Crippen molar-refractivity contribution in [3.8, 4) is 0 Å². The van der Waals surface area contributed by atoms with Crippen LogP contribution in [0.15, 0.2) is 0 Å². The van der Waals surface area contributed by atoms with E-state index >= 15 is 0 Å². The maximum atomic E-state index is 13.0. The zero-order chi connectivity index (χ0) is 17.4. The average molecular weight is 347 g/mol. The number of urea groups is 1. The minimum Gasteiger partial charge on any atom is -0.339 e. The molecule has 2 aliphatic carbocycles. The zero-order valence-corrected chi connectivity index (χ0v) is 15.0. The van der Waals surface area contributed by atoms with Crippen LogP contribution in [0.3, 0.4) is 0 Å². The molecule has 1 unspecified atom stereocenters. The maximum absolute atomic E-state index is 13.0. The molecule has 138 valence electrons. The largest absolute Gasteiger partial charge is 0.339 e. The Bertz CT molecular complexity index is 562. The predicted molar refractivity (Wildman–Crippen MR) is 92.8 cm³/mol. The molecule has 6 nitrogen and oxygen atoms in total. The lowest BCUT2D eigenvalue weighted by Crippen LogP contribution is -2.46. The second-order valence-electron chi connectivity index (χ2n) is 8.40. The number of nitrogens with one attached hydrogen (secondary N) is 1. The Morgan fingerprint density at radius 1 is 0.960 bits per heavy atom. The summed E-state index contributed by atoms with van der Waals surface area (Å²) in [5.74, 6) is 0.239. The SMILES string of the molecule is O=C1NC2(CCCCCC2)C(=O)N1CC1CC(=O)N(C2CCCC2)C1. The van der Waals surface area contributed by atoms with E-state index in [0.717, 1.165) is 51.4 Å². The summed E-state index contributed by atoms with van der Waals surface area (Å²) in [5, 5.41) is 3.00. The van der Waals surface area contributed by atoms with Crippen LogP contribution in [0.2, 0.25) is 0 Å². The molecule has 0 bridgehead atoms. The highest BCUT2D eigenvalue weighted by Gasteiger charge is 2.51. The molecule has 4 amide bonds. The van der Waals surface area contributed by atoms with Crippen molar-refractivity contribution in [1.82, 2.24) is 15.1 Å². The summed E-state index contributed by atoms with van der Waals surface area (Å²) in [7, 11) is 0. The van der Waals surface area contributed by atoms with Crippen LogP contribution in [-0.4, -0.2) is 52.3 Å². The molecule has 1 atom stereocenters. The quantitative estimate of drug-likeness (QED) is 0.797. The van der Waals surface area contributed by atoms with Crippen LogP contribution in [0.4, 0.5) is 4.79 Å². The number of hydrogen-bond donors (Lipinski definition) is 1. The van der Waals surface area contributed by atoms with Crippen molar-refractivity contribution in [2.75, 3.05) is 13.1 Å². The number of carbonyl (C=O) groups is 3. The predicted octanol–water partition coefficient (Wildman–Crippen LogP) is 2.42. The van der Waals surface area contributed by atoms with Crippen molar-refractivity contribution in [2.45, 2.75) is 82.2 Å². The van der Waals surface area contributed by atoms with Gasteiger partial charge in [-0.3, -0.25) is 14.5 Å². The topological polar surface area (TPSA) is 69.7 Å². The van der Waals surface area contributed by atoms with E-state index in [4.69, 9.17) is 0 Å². The van der Waals surface area contributed by atoms with Gasteiger partial charge < -0.3 is 10.2 Å². The van der Waals surface area contributed by atoms with Crippen LogP contribution in [0.25, 0.3) is 0 Å². The first-order valence-electron chi connectivity index (χ1n) is 10.0. The first kappa shape index (κ1) is 16.9. The first-order valence-corrected chi connectivity index (χ1v) is 10.0. The molecule has 2 aliphatic heterocycles. The molecule has 0 aromatic rings. The Labute approximate surface area is 149 Å². The van der Waals surface area contributed by atoms with Crippen LogP contribution in [-0.2, 0) is 9.59 Å². The second kappa shape index (κ2) is 6.61. The van der Waals surface area contributed by atoms with Gasteiger partial charge >= 0.3 is 6.03 Å². The summed E-state index contributed by atoms with van der Waals surface area (Å²) >= 11 is 0. The van der Waals surface area contributed by atoms with Crippen molar-refractivity contribution >= 4 is 17.8 Å². The number of carbonyl (C=O) groups excluding carboxylic acids is 3. The van der Waals surface area contributed by atoms with Gasteiger partial charge in [0.15, 0.2) is 0 Å². The van der Waals surface area contributed by atoms with E-state index < -0.39 is 5.54 Å². The summed E-state index contributed by atoms with van der Waals surface area (Å²) in [6.45, 7) is 1.09. The Kier molecular flexibility index (Phi) is 4.46. The number of rotatable bonds is 3. The lowest BCUT2D eigenvalue weighted by Gasteiger charge is -2.26. The van der Waals surface area contributed by atoms with Crippen molar-refractivity contribution < 1.29 is 14.4 Å². The molecule has 0 aromatic heterocycles. The van der Waals surface area contributed by atoms with Crippen LogP contribution in [0, 0.1) is 5.92 Å². The highest BCUT2D eigenvalue weighted by Crippen LogP contribution is 2.34. The van der Waals surface area contributed by atoms with Crippen LogP contribution in [0.5, 0.6) is 0 Å². The second-order valence-corrected chi connectivity index (χ2v) is 8.40. The molecule has 4 aliphatic rings. The van der Waals surface area contributed by atoms with Crippen LogP contribution in [0.1, 0.15) is 70.6 Å². The van der Waals surface area contributed by atoms with Gasteiger partial charge in [0.2, 0.25) is 5.91 Å². The van der Waals surface area contributed by atoms with Gasteiger partial charge in [-0.1, -0.05) is 38.5 Å². The number of amides is 4. The molecule has 2 saturated heterocycles. The zero-order valence-electron chi connectivity index (χ0n) is 15.0. The van der Waals surface area contributed by atoms with Crippen molar-refractivity contribution in [3.05, 3.63) is 0 Å². The smallest absolute Gasteiger partial charge is 0.325 e. The van der Waals surface area contributed by atoms with Gasteiger partial charge in [0.25, 0.3) is 5.91 Å². The molecule has 4 rings (SSSR count). The summed E-state index contributed by atoms with van der Waals surface area (Å²) in [5.41, 5.74) is -0.665. The highest BCUT2D eigenvalue weighted by atomic mass is 16.2. The molecule has 2 saturated carbocycles. The third kappa shape index (κ3) is 3.04. The standard InChI is InChI=1S/C19H29N3O3/c23-16-11-14(12-21(16)15-7-3-4-8-15)13-22-17(24)19(20-18(22)25)9-5-1-2-6-10-19/h14-15H,1-13H2,(H,20,25). The Morgan fingerprint density at radius 2 is 1.64 bits per heavy atom. The van der Waals surface area contributed by atoms with Crippen molar-refractivity contribution in [3.63, 3.8) is 0 Å². The van der Waals surface area contributed by atoms with E-state index in [1.54, 1.807) is 0 Å². The number of nitrogens with zero attached hydrogens (tertiary/aromatic N) is 2. The molecule has 0 radical (unpaired) electrons. The molecule has 2 heterocycles. The van der Waals surface area contributed by atoms with Crippen molar-refractivity contribution in [2.24, 2.45) is 5.92 Å². The summed E-state index contributed by atoms with van der Waals surface area (Å²) < 4.78 is 0. The first-order chi connectivity index (χ1) is 12.1. The van der Waals surface area contributed by atoms with Gasteiger partial charge in [-0.05, 0) is 25.7 Å². The molecule has 4 fully saturated rings. The van der Waals surface area contributed by atoms with E-state index in [1.165, 1.54) is 17.7 Å². The van der Waals surface area contributed by atoms with Gasteiger partial charge in [-0.15, -0.1) is 0 Å². The number of hydrogen-bond acceptors (Lipinski definition) is 3. The summed E-state index contributed by atoms with van der Waals surface area (Å²) in [6.07, 6.45) is 10.9. The van der Waals surface area contributed by atoms with Gasteiger partial charge in [-0.25, -0.2) is 4.79 Å². The highest BCUT2D eigenvalue weighted by molar-refractivity contribution is 6.07. The van der Waals surface area contributed by atoms with Crippen LogP contribution < -0.4 is 5.32 Å². The molecule has 25 heavy (non-hydrogen) atoms.